The largest absolute Gasteiger partial charge is 0.481 e. The second-order valence-corrected chi connectivity index (χ2v) is 7.21. The zero-order chi connectivity index (χ0) is 18.1. The average Bonchev–Trinajstić information content (AvgIpc) is 3.07. The molecule has 1 aromatic heterocycles. The first-order valence-electron chi connectivity index (χ1n) is 9.14. The van der Waals surface area contributed by atoms with Crippen molar-refractivity contribution in [3.63, 3.8) is 0 Å². The fraction of sp³-hybridized carbons (Fsp3) is 0.429. The van der Waals surface area contributed by atoms with Gasteiger partial charge in [-0.15, -0.1) is 0 Å². The highest BCUT2D eigenvalue weighted by molar-refractivity contribution is 5.97. The highest BCUT2D eigenvalue weighted by atomic mass is 16.5. The molecule has 2 aliphatic carbocycles. The van der Waals surface area contributed by atoms with E-state index in [9.17, 15) is 4.79 Å². The molecule has 5 nitrogen and oxygen atoms in total. The topological polar surface area (TPSA) is 60.5 Å². The van der Waals surface area contributed by atoms with Crippen molar-refractivity contribution < 1.29 is 14.3 Å². The lowest BCUT2D eigenvalue weighted by molar-refractivity contribution is -0.118. The smallest absolute Gasteiger partial charge is 0.240 e. The van der Waals surface area contributed by atoms with Gasteiger partial charge in [0.1, 0.15) is 5.69 Å². The van der Waals surface area contributed by atoms with Gasteiger partial charge in [-0.1, -0.05) is 43.2 Å². The zero-order valence-corrected chi connectivity index (χ0v) is 15.2. The summed E-state index contributed by atoms with van der Waals surface area (Å²) in [5.41, 5.74) is 1.98. The van der Waals surface area contributed by atoms with Gasteiger partial charge in [0.2, 0.25) is 17.7 Å². The summed E-state index contributed by atoms with van der Waals surface area (Å²) in [6.45, 7) is 0. The Bertz CT molecular complexity index is 800. The minimum absolute atomic E-state index is 0.0132. The number of nitrogens with one attached hydrogen (secondary N) is 1. The minimum Gasteiger partial charge on any atom is -0.481 e. The van der Waals surface area contributed by atoms with E-state index in [-0.39, 0.29) is 17.2 Å². The van der Waals surface area contributed by atoms with Gasteiger partial charge in [0.05, 0.1) is 20.1 Å². The molecular formula is C21H24N2O3. The standard InChI is InChI=1S/C21H24N2O3/c1-25-16-11-10-15(20(23-16)26-2)22-19(24)18-17(14-8-4-3-5-9-14)21(18)12-6-7-13-21/h3-5,8-11,17-18H,6-7,12-13H2,1-2H3,(H,22,24). The summed E-state index contributed by atoms with van der Waals surface area (Å²) >= 11 is 0. The molecule has 2 aliphatic rings. The summed E-state index contributed by atoms with van der Waals surface area (Å²) in [4.78, 5) is 17.4. The van der Waals surface area contributed by atoms with Crippen LogP contribution in [-0.4, -0.2) is 25.1 Å². The van der Waals surface area contributed by atoms with Crippen molar-refractivity contribution in [3.05, 3.63) is 48.0 Å². The Morgan fingerprint density at radius 1 is 1.08 bits per heavy atom. The number of nitrogens with zero attached hydrogens (tertiary/aromatic N) is 1. The maximum atomic E-state index is 13.1. The molecule has 2 atom stereocenters. The minimum atomic E-state index is 0.0132. The van der Waals surface area contributed by atoms with Gasteiger partial charge in [0, 0.05) is 12.0 Å². The number of pyridine rings is 1. The summed E-state index contributed by atoms with van der Waals surface area (Å²) in [5.74, 6) is 1.21. The molecule has 1 aromatic carbocycles. The van der Waals surface area contributed by atoms with Crippen molar-refractivity contribution in [1.29, 1.82) is 0 Å². The molecule has 136 valence electrons. The van der Waals surface area contributed by atoms with Crippen LogP contribution in [0.4, 0.5) is 5.69 Å². The number of anilines is 1. The van der Waals surface area contributed by atoms with Crippen LogP contribution in [0.15, 0.2) is 42.5 Å². The molecule has 0 aliphatic heterocycles. The Labute approximate surface area is 153 Å². The first-order chi connectivity index (χ1) is 12.7. The van der Waals surface area contributed by atoms with Crippen LogP contribution in [-0.2, 0) is 4.79 Å². The van der Waals surface area contributed by atoms with E-state index >= 15 is 0 Å². The Kier molecular flexibility index (Phi) is 4.31. The third-order valence-corrected chi connectivity index (χ3v) is 5.93. The van der Waals surface area contributed by atoms with Gasteiger partial charge in [-0.2, -0.15) is 4.98 Å². The van der Waals surface area contributed by atoms with Gasteiger partial charge in [-0.3, -0.25) is 4.79 Å². The highest BCUT2D eigenvalue weighted by Gasteiger charge is 2.68. The number of benzene rings is 1. The number of ether oxygens (including phenoxy) is 2. The number of aromatic nitrogens is 1. The summed E-state index contributed by atoms with van der Waals surface area (Å²) in [7, 11) is 3.10. The fourth-order valence-corrected chi connectivity index (χ4v) is 4.74. The maximum absolute atomic E-state index is 13.1. The highest BCUT2D eigenvalue weighted by Crippen LogP contribution is 2.72. The average molecular weight is 352 g/mol. The van der Waals surface area contributed by atoms with Crippen molar-refractivity contribution in [2.75, 3.05) is 19.5 Å². The molecule has 2 unspecified atom stereocenters. The van der Waals surface area contributed by atoms with E-state index in [0.717, 1.165) is 12.8 Å². The second-order valence-electron chi connectivity index (χ2n) is 7.21. The van der Waals surface area contributed by atoms with E-state index in [1.54, 1.807) is 26.4 Å². The van der Waals surface area contributed by atoms with Crippen LogP contribution in [0.5, 0.6) is 11.8 Å². The molecule has 0 radical (unpaired) electrons. The van der Waals surface area contributed by atoms with Gasteiger partial charge in [-0.25, -0.2) is 0 Å². The van der Waals surface area contributed by atoms with Crippen LogP contribution < -0.4 is 14.8 Å². The van der Waals surface area contributed by atoms with Crippen LogP contribution in [0.3, 0.4) is 0 Å². The van der Waals surface area contributed by atoms with E-state index in [1.807, 2.05) is 6.07 Å². The number of amides is 1. The van der Waals surface area contributed by atoms with E-state index < -0.39 is 0 Å². The predicted molar refractivity (Wildman–Crippen MR) is 99.5 cm³/mol. The van der Waals surface area contributed by atoms with Gasteiger partial charge >= 0.3 is 0 Å². The lowest BCUT2D eigenvalue weighted by atomic mass is 9.97. The number of methoxy groups -OCH3 is 2. The number of hydrogen-bond acceptors (Lipinski definition) is 4. The number of carbonyl (C=O) groups is 1. The summed E-state index contributed by atoms with van der Waals surface area (Å²) in [6, 6.07) is 13.9. The molecular weight excluding hydrogens is 328 g/mol. The lowest BCUT2D eigenvalue weighted by Crippen LogP contribution is -2.18. The van der Waals surface area contributed by atoms with E-state index in [0.29, 0.717) is 23.4 Å². The molecule has 4 rings (SSSR count). The van der Waals surface area contributed by atoms with Crippen molar-refractivity contribution in [3.8, 4) is 11.8 Å². The molecule has 5 heteroatoms. The first kappa shape index (κ1) is 16.9. The Morgan fingerprint density at radius 2 is 1.81 bits per heavy atom. The van der Waals surface area contributed by atoms with Crippen LogP contribution in [0, 0.1) is 11.3 Å². The van der Waals surface area contributed by atoms with Crippen LogP contribution in [0.25, 0.3) is 0 Å². The molecule has 2 saturated carbocycles. The Hall–Kier alpha value is -2.56. The molecule has 1 N–H and O–H groups in total. The van der Waals surface area contributed by atoms with Crippen LogP contribution in [0.2, 0.25) is 0 Å². The summed E-state index contributed by atoms with van der Waals surface area (Å²) in [6.07, 6.45) is 4.67. The third kappa shape index (κ3) is 2.71. The molecule has 1 amide bonds. The first-order valence-corrected chi connectivity index (χ1v) is 9.14. The molecule has 0 saturated heterocycles. The molecule has 26 heavy (non-hydrogen) atoms. The van der Waals surface area contributed by atoms with E-state index in [1.165, 1.54) is 18.4 Å². The maximum Gasteiger partial charge on any atom is 0.240 e. The molecule has 0 bridgehead atoms. The van der Waals surface area contributed by atoms with Gasteiger partial charge < -0.3 is 14.8 Å². The van der Waals surface area contributed by atoms with Crippen molar-refractivity contribution >= 4 is 11.6 Å². The predicted octanol–water partition coefficient (Wildman–Crippen LogP) is 4.01. The molecule has 1 spiro atoms. The lowest BCUT2D eigenvalue weighted by Gasteiger charge is -2.12. The number of carbonyl (C=O) groups excluding carboxylic acids is 1. The van der Waals surface area contributed by atoms with Crippen LogP contribution in [0.1, 0.15) is 37.2 Å². The number of hydrogen-bond donors (Lipinski definition) is 1. The van der Waals surface area contributed by atoms with Gasteiger partial charge in [-0.05, 0) is 29.9 Å². The quantitative estimate of drug-likeness (QED) is 0.883. The monoisotopic (exact) mass is 352 g/mol. The van der Waals surface area contributed by atoms with Crippen molar-refractivity contribution in [2.45, 2.75) is 31.6 Å². The fourth-order valence-electron chi connectivity index (χ4n) is 4.74. The summed E-state index contributed by atoms with van der Waals surface area (Å²) in [5, 5.41) is 3.04. The second kappa shape index (κ2) is 6.63. The van der Waals surface area contributed by atoms with Crippen LogP contribution >= 0.6 is 0 Å². The van der Waals surface area contributed by atoms with E-state index in [2.05, 4.69) is 34.6 Å². The van der Waals surface area contributed by atoms with Gasteiger partial charge in [0.25, 0.3) is 0 Å². The Balaban J connectivity index is 1.58. The third-order valence-electron chi connectivity index (χ3n) is 5.93. The number of rotatable bonds is 5. The zero-order valence-electron chi connectivity index (χ0n) is 15.2. The summed E-state index contributed by atoms with van der Waals surface area (Å²) < 4.78 is 10.4. The molecule has 2 fully saturated rings. The SMILES string of the molecule is COc1ccc(NC(=O)C2C(c3ccccc3)C23CCCC3)c(OC)n1. The normalized spacial score (nSPS) is 22.8. The van der Waals surface area contributed by atoms with Gasteiger partial charge in [0.15, 0.2) is 0 Å². The molecule has 2 aromatic rings. The van der Waals surface area contributed by atoms with Crippen molar-refractivity contribution in [2.24, 2.45) is 11.3 Å². The van der Waals surface area contributed by atoms with E-state index in [4.69, 9.17) is 9.47 Å². The molecule has 1 heterocycles. The Morgan fingerprint density at radius 3 is 2.46 bits per heavy atom. The van der Waals surface area contributed by atoms with Crippen molar-refractivity contribution in [1.82, 2.24) is 4.98 Å².